The van der Waals surface area contributed by atoms with Crippen LogP contribution in [0.3, 0.4) is 0 Å². The van der Waals surface area contributed by atoms with Crippen molar-refractivity contribution >= 4 is 11.9 Å². The number of nitrogens with one attached hydrogen (secondary N) is 2. The third-order valence-corrected chi connectivity index (χ3v) is 6.08. The molecular formula is C23H36N4O. The maximum atomic E-state index is 12.5. The molecule has 5 heteroatoms. The third kappa shape index (κ3) is 6.25. The van der Waals surface area contributed by atoms with E-state index >= 15 is 0 Å². The summed E-state index contributed by atoms with van der Waals surface area (Å²) in [5.41, 5.74) is 1.95. The van der Waals surface area contributed by atoms with Crippen molar-refractivity contribution in [2.45, 2.75) is 64.3 Å². The molecule has 2 N–H and O–H groups in total. The summed E-state index contributed by atoms with van der Waals surface area (Å²) in [7, 11) is 1.81. The number of aliphatic imine (C=N–C) groups is 1. The summed E-state index contributed by atoms with van der Waals surface area (Å²) in [6, 6.07) is 7.98. The Morgan fingerprint density at radius 1 is 1.04 bits per heavy atom. The standard InChI is InChI=1S/C23H36N4O/c1-24-23(25-15-7-10-19-8-3-4-9-19)26-18-20-11-13-21(14-12-20)22(28)27-16-5-2-6-17-27/h11-14,19H,2-10,15-18H2,1H3,(H2,24,25,26). The molecule has 1 heterocycles. The van der Waals surface area contributed by atoms with Crippen molar-refractivity contribution in [1.82, 2.24) is 15.5 Å². The Labute approximate surface area is 170 Å². The van der Waals surface area contributed by atoms with Gasteiger partial charge in [0.1, 0.15) is 0 Å². The molecule has 1 aliphatic carbocycles. The predicted octanol–water partition coefficient (Wildman–Crippen LogP) is 3.95. The number of carbonyl (C=O) groups is 1. The molecule has 1 aromatic rings. The van der Waals surface area contributed by atoms with Gasteiger partial charge in [-0.25, -0.2) is 0 Å². The Bertz CT molecular complexity index is 629. The fraction of sp³-hybridized carbons (Fsp3) is 0.652. The van der Waals surface area contributed by atoms with Crippen LogP contribution in [0, 0.1) is 5.92 Å². The highest BCUT2D eigenvalue weighted by atomic mass is 16.2. The maximum Gasteiger partial charge on any atom is 0.253 e. The number of amides is 1. The second-order valence-corrected chi connectivity index (χ2v) is 8.20. The minimum absolute atomic E-state index is 0.166. The van der Waals surface area contributed by atoms with Crippen LogP contribution in [0.2, 0.25) is 0 Å². The van der Waals surface area contributed by atoms with Gasteiger partial charge in [-0.2, -0.15) is 0 Å². The molecule has 0 radical (unpaired) electrons. The summed E-state index contributed by atoms with van der Waals surface area (Å²) in [6.07, 6.45) is 11.7. The SMILES string of the molecule is CN=C(NCCCC1CCCC1)NCc1ccc(C(=O)N2CCCCC2)cc1. The van der Waals surface area contributed by atoms with Crippen molar-refractivity contribution in [3.05, 3.63) is 35.4 Å². The van der Waals surface area contributed by atoms with Gasteiger partial charge in [0.15, 0.2) is 5.96 Å². The molecule has 1 saturated carbocycles. The lowest BCUT2D eigenvalue weighted by Crippen LogP contribution is -2.37. The summed E-state index contributed by atoms with van der Waals surface area (Å²) in [5.74, 6) is 1.96. The van der Waals surface area contributed by atoms with Gasteiger partial charge in [0.2, 0.25) is 0 Å². The van der Waals surface area contributed by atoms with Crippen molar-refractivity contribution in [3.63, 3.8) is 0 Å². The molecule has 1 aliphatic heterocycles. The van der Waals surface area contributed by atoms with Crippen LogP contribution in [-0.4, -0.2) is 43.4 Å². The number of hydrogen-bond donors (Lipinski definition) is 2. The van der Waals surface area contributed by atoms with Gasteiger partial charge < -0.3 is 15.5 Å². The van der Waals surface area contributed by atoms with Gasteiger partial charge in [0, 0.05) is 38.8 Å². The number of carbonyl (C=O) groups excluding carboxylic acids is 1. The average Bonchev–Trinajstić information content (AvgIpc) is 3.27. The van der Waals surface area contributed by atoms with E-state index in [0.717, 1.165) is 55.5 Å². The molecule has 1 saturated heterocycles. The summed E-state index contributed by atoms with van der Waals surface area (Å²) < 4.78 is 0. The van der Waals surface area contributed by atoms with E-state index in [1.165, 1.54) is 44.9 Å². The molecular weight excluding hydrogens is 348 g/mol. The maximum absolute atomic E-state index is 12.5. The lowest BCUT2D eigenvalue weighted by molar-refractivity contribution is 0.0724. The Morgan fingerprint density at radius 2 is 1.75 bits per heavy atom. The number of hydrogen-bond acceptors (Lipinski definition) is 2. The summed E-state index contributed by atoms with van der Waals surface area (Å²) in [4.78, 5) is 18.8. The van der Waals surface area contributed by atoms with Gasteiger partial charge in [-0.1, -0.05) is 37.8 Å². The lowest BCUT2D eigenvalue weighted by Gasteiger charge is -2.26. The van der Waals surface area contributed by atoms with Crippen LogP contribution in [0.25, 0.3) is 0 Å². The first-order chi connectivity index (χ1) is 13.8. The van der Waals surface area contributed by atoms with Crippen molar-refractivity contribution in [2.75, 3.05) is 26.7 Å². The predicted molar refractivity (Wildman–Crippen MR) is 116 cm³/mol. The Kier molecular flexibility index (Phi) is 8.19. The van der Waals surface area contributed by atoms with Crippen molar-refractivity contribution < 1.29 is 4.79 Å². The zero-order valence-corrected chi connectivity index (χ0v) is 17.4. The molecule has 154 valence electrons. The number of rotatable bonds is 7. The molecule has 0 spiro atoms. The lowest BCUT2D eigenvalue weighted by atomic mass is 10.0. The Hall–Kier alpha value is -2.04. The van der Waals surface area contributed by atoms with Crippen LogP contribution < -0.4 is 10.6 Å². The number of guanidine groups is 1. The van der Waals surface area contributed by atoms with Crippen molar-refractivity contribution in [2.24, 2.45) is 10.9 Å². The number of likely N-dealkylation sites (tertiary alicyclic amines) is 1. The molecule has 0 aromatic heterocycles. The average molecular weight is 385 g/mol. The molecule has 5 nitrogen and oxygen atoms in total. The first kappa shape index (κ1) is 20.7. The zero-order valence-electron chi connectivity index (χ0n) is 17.4. The van der Waals surface area contributed by atoms with Crippen LogP contribution in [0.1, 0.15) is 73.7 Å². The molecule has 1 aromatic carbocycles. The van der Waals surface area contributed by atoms with Gasteiger partial charge >= 0.3 is 0 Å². The first-order valence-corrected chi connectivity index (χ1v) is 11.1. The molecule has 28 heavy (non-hydrogen) atoms. The van der Waals surface area contributed by atoms with Gasteiger partial charge in [0.05, 0.1) is 0 Å². The first-order valence-electron chi connectivity index (χ1n) is 11.1. The zero-order chi connectivity index (χ0) is 19.6. The Balaban J connectivity index is 1.38. The van der Waals surface area contributed by atoms with Gasteiger partial charge in [-0.15, -0.1) is 0 Å². The van der Waals surface area contributed by atoms with Crippen LogP contribution in [0.4, 0.5) is 0 Å². The molecule has 0 atom stereocenters. The second kappa shape index (κ2) is 11.1. The second-order valence-electron chi connectivity index (χ2n) is 8.20. The molecule has 0 bridgehead atoms. The van der Waals surface area contributed by atoms with E-state index in [4.69, 9.17) is 0 Å². The van der Waals surface area contributed by atoms with Crippen LogP contribution in [0.15, 0.2) is 29.3 Å². The summed E-state index contributed by atoms with van der Waals surface area (Å²) >= 11 is 0. The monoisotopic (exact) mass is 384 g/mol. The normalized spacial score (nSPS) is 18.3. The highest BCUT2D eigenvalue weighted by Crippen LogP contribution is 2.28. The van der Waals surface area contributed by atoms with E-state index in [9.17, 15) is 4.79 Å². The highest BCUT2D eigenvalue weighted by Gasteiger charge is 2.18. The number of piperidine rings is 1. The van der Waals surface area contributed by atoms with Gasteiger partial charge in [0.25, 0.3) is 5.91 Å². The molecule has 0 unspecified atom stereocenters. The highest BCUT2D eigenvalue weighted by molar-refractivity contribution is 5.94. The fourth-order valence-corrected chi connectivity index (χ4v) is 4.35. The van der Waals surface area contributed by atoms with E-state index in [0.29, 0.717) is 6.54 Å². The van der Waals surface area contributed by atoms with Crippen LogP contribution in [-0.2, 0) is 6.54 Å². The number of nitrogens with zero attached hydrogens (tertiary/aromatic N) is 2. The molecule has 2 aliphatic rings. The molecule has 1 amide bonds. The minimum Gasteiger partial charge on any atom is -0.356 e. The smallest absolute Gasteiger partial charge is 0.253 e. The van der Waals surface area contributed by atoms with Crippen molar-refractivity contribution in [3.8, 4) is 0 Å². The van der Waals surface area contributed by atoms with E-state index in [1.807, 2.05) is 36.2 Å². The van der Waals surface area contributed by atoms with E-state index in [2.05, 4.69) is 15.6 Å². The molecule has 3 rings (SSSR count). The van der Waals surface area contributed by atoms with Crippen LogP contribution >= 0.6 is 0 Å². The quantitative estimate of drug-likeness (QED) is 0.425. The third-order valence-electron chi connectivity index (χ3n) is 6.08. The van der Waals surface area contributed by atoms with Crippen LogP contribution in [0.5, 0.6) is 0 Å². The minimum atomic E-state index is 0.166. The van der Waals surface area contributed by atoms with Gasteiger partial charge in [-0.05, 0) is 55.7 Å². The molecule has 2 fully saturated rings. The topological polar surface area (TPSA) is 56.7 Å². The number of benzene rings is 1. The van der Waals surface area contributed by atoms with E-state index < -0.39 is 0 Å². The fourth-order valence-electron chi connectivity index (χ4n) is 4.35. The van der Waals surface area contributed by atoms with E-state index in [1.54, 1.807) is 0 Å². The van der Waals surface area contributed by atoms with Gasteiger partial charge in [-0.3, -0.25) is 9.79 Å². The Morgan fingerprint density at radius 3 is 2.43 bits per heavy atom. The summed E-state index contributed by atoms with van der Waals surface area (Å²) in [5, 5.41) is 6.78. The summed E-state index contributed by atoms with van der Waals surface area (Å²) in [6.45, 7) is 3.47. The van der Waals surface area contributed by atoms with Crippen molar-refractivity contribution in [1.29, 1.82) is 0 Å². The largest absolute Gasteiger partial charge is 0.356 e. The van der Waals surface area contributed by atoms with E-state index in [-0.39, 0.29) is 5.91 Å².